The van der Waals surface area contributed by atoms with Crippen molar-refractivity contribution >= 4 is 23.2 Å². The Morgan fingerprint density at radius 1 is 1.32 bits per heavy atom. The third-order valence-electron chi connectivity index (χ3n) is 3.75. The molecule has 0 saturated heterocycles. The summed E-state index contributed by atoms with van der Waals surface area (Å²) in [6, 6.07) is 0. The maximum absolute atomic E-state index is 12.3. The van der Waals surface area contributed by atoms with Gasteiger partial charge in [-0.05, 0) is 32.3 Å². The van der Waals surface area contributed by atoms with Crippen LogP contribution in [0, 0.1) is 13.8 Å². The Morgan fingerprint density at radius 3 is 2.26 bits per heavy atom. The van der Waals surface area contributed by atoms with Crippen LogP contribution in [0.5, 0.6) is 0 Å². The number of nitrogens with one attached hydrogen (secondary N) is 1. The van der Waals surface area contributed by atoms with Crippen LogP contribution in [-0.2, 0) is 4.79 Å². The summed E-state index contributed by atoms with van der Waals surface area (Å²) in [5, 5.41) is 13.8. The molecule has 0 atom stereocenters. The van der Waals surface area contributed by atoms with Crippen LogP contribution in [0.15, 0.2) is 5.38 Å². The highest BCUT2D eigenvalue weighted by atomic mass is 32.1. The normalized spacial score (nSPS) is 11.4. The molecule has 0 aliphatic carbocycles. The van der Waals surface area contributed by atoms with Gasteiger partial charge in [0, 0.05) is 10.3 Å². The number of rotatable bonds is 6. The lowest BCUT2D eigenvalue weighted by molar-refractivity contribution is -0.138. The maximum Gasteiger partial charge on any atom is 0.305 e. The minimum absolute atomic E-state index is 0.0477. The molecule has 0 fully saturated rings. The van der Waals surface area contributed by atoms with E-state index in [9.17, 15) is 9.59 Å². The summed E-state index contributed by atoms with van der Waals surface area (Å²) < 4.78 is 0. The molecule has 2 N–H and O–H groups in total. The number of amides is 1. The van der Waals surface area contributed by atoms with E-state index in [1.165, 1.54) is 11.3 Å². The number of carboxylic acids is 1. The first-order valence-electron chi connectivity index (χ1n) is 6.44. The average Bonchev–Trinajstić information content (AvgIpc) is 2.68. The first-order chi connectivity index (χ1) is 8.85. The monoisotopic (exact) mass is 283 g/mol. The number of aliphatic carboxylic acids is 1. The summed E-state index contributed by atoms with van der Waals surface area (Å²) in [4.78, 5) is 24.4. The van der Waals surface area contributed by atoms with Gasteiger partial charge in [-0.25, -0.2) is 0 Å². The molecule has 0 unspecified atom stereocenters. The van der Waals surface area contributed by atoms with Crippen LogP contribution in [0.3, 0.4) is 0 Å². The smallest absolute Gasteiger partial charge is 0.305 e. The first kappa shape index (κ1) is 15.7. The molecule has 0 spiro atoms. The SMILES string of the molecule is CCC(CC)(CC(=O)O)NC(=O)c1csc(C)c1C. The summed E-state index contributed by atoms with van der Waals surface area (Å²) in [6.07, 6.45) is 1.15. The number of hydrogen-bond acceptors (Lipinski definition) is 3. The van der Waals surface area contributed by atoms with Crippen molar-refractivity contribution in [2.45, 2.75) is 52.5 Å². The molecule has 0 bridgehead atoms. The summed E-state index contributed by atoms with van der Waals surface area (Å²) in [5.74, 6) is -1.06. The Bertz CT molecular complexity index is 475. The molecule has 0 aliphatic heterocycles. The van der Waals surface area contributed by atoms with Gasteiger partial charge in [-0.2, -0.15) is 0 Å². The van der Waals surface area contributed by atoms with Gasteiger partial charge >= 0.3 is 5.97 Å². The molecule has 1 heterocycles. The van der Waals surface area contributed by atoms with Gasteiger partial charge in [-0.3, -0.25) is 9.59 Å². The van der Waals surface area contributed by atoms with Crippen LogP contribution in [-0.4, -0.2) is 22.5 Å². The number of thiophene rings is 1. The fourth-order valence-corrected chi connectivity index (χ4v) is 2.92. The van der Waals surface area contributed by atoms with E-state index in [1.807, 2.05) is 33.1 Å². The third kappa shape index (κ3) is 3.56. The maximum atomic E-state index is 12.3. The van der Waals surface area contributed by atoms with Crippen molar-refractivity contribution in [1.29, 1.82) is 0 Å². The minimum atomic E-state index is -0.887. The van der Waals surface area contributed by atoms with E-state index in [-0.39, 0.29) is 12.3 Å². The van der Waals surface area contributed by atoms with Crippen LogP contribution >= 0.6 is 11.3 Å². The highest BCUT2D eigenvalue weighted by molar-refractivity contribution is 7.10. The fourth-order valence-electron chi connectivity index (χ4n) is 2.06. The van der Waals surface area contributed by atoms with Gasteiger partial charge in [-0.1, -0.05) is 13.8 Å². The molecule has 1 aromatic rings. The first-order valence-corrected chi connectivity index (χ1v) is 7.32. The van der Waals surface area contributed by atoms with E-state index in [4.69, 9.17) is 5.11 Å². The van der Waals surface area contributed by atoms with Crippen molar-refractivity contribution in [3.63, 3.8) is 0 Å². The van der Waals surface area contributed by atoms with Gasteiger partial charge in [0.2, 0.25) is 0 Å². The van der Waals surface area contributed by atoms with Crippen molar-refractivity contribution in [3.8, 4) is 0 Å². The molecule has 1 rings (SSSR count). The van der Waals surface area contributed by atoms with E-state index in [0.717, 1.165) is 10.4 Å². The second kappa shape index (κ2) is 6.19. The van der Waals surface area contributed by atoms with Crippen LogP contribution in [0.25, 0.3) is 0 Å². The van der Waals surface area contributed by atoms with Gasteiger partial charge in [-0.15, -0.1) is 11.3 Å². The van der Waals surface area contributed by atoms with Gasteiger partial charge in [0.25, 0.3) is 5.91 Å². The lowest BCUT2D eigenvalue weighted by Gasteiger charge is -2.31. The van der Waals surface area contributed by atoms with Crippen molar-refractivity contribution in [2.75, 3.05) is 0 Å². The third-order valence-corrected chi connectivity index (χ3v) is 4.77. The van der Waals surface area contributed by atoms with E-state index < -0.39 is 11.5 Å². The fraction of sp³-hybridized carbons (Fsp3) is 0.571. The summed E-state index contributed by atoms with van der Waals surface area (Å²) >= 11 is 1.54. The van der Waals surface area contributed by atoms with E-state index >= 15 is 0 Å². The lowest BCUT2D eigenvalue weighted by atomic mass is 9.88. The summed E-state index contributed by atoms with van der Waals surface area (Å²) in [7, 11) is 0. The number of carbonyl (C=O) groups is 2. The Morgan fingerprint density at radius 2 is 1.89 bits per heavy atom. The van der Waals surface area contributed by atoms with Crippen molar-refractivity contribution in [3.05, 3.63) is 21.4 Å². The average molecular weight is 283 g/mol. The Balaban J connectivity index is 2.94. The molecule has 19 heavy (non-hydrogen) atoms. The predicted molar refractivity (Wildman–Crippen MR) is 76.8 cm³/mol. The second-order valence-electron chi connectivity index (χ2n) is 4.84. The topological polar surface area (TPSA) is 66.4 Å². The number of aryl methyl sites for hydroxylation is 1. The molecular formula is C14H21NO3S. The number of hydrogen-bond donors (Lipinski definition) is 2. The molecule has 0 aliphatic rings. The van der Waals surface area contributed by atoms with Crippen molar-refractivity contribution in [2.24, 2.45) is 0 Å². The molecule has 0 saturated carbocycles. The zero-order valence-corrected chi connectivity index (χ0v) is 12.7. The second-order valence-corrected chi connectivity index (χ2v) is 5.93. The van der Waals surface area contributed by atoms with Crippen LogP contribution < -0.4 is 5.32 Å². The molecular weight excluding hydrogens is 262 g/mol. The molecule has 1 amide bonds. The van der Waals surface area contributed by atoms with Crippen LogP contribution in [0.1, 0.15) is 53.9 Å². The zero-order valence-electron chi connectivity index (χ0n) is 11.9. The Hall–Kier alpha value is -1.36. The van der Waals surface area contributed by atoms with Gasteiger partial charge in [0.15, 0.2) is 0 Å². The van der Waals surface area contributed by atoms with E-state index in [2.05, 4.69) is 5.32 Å². The van der Waals surface area contributed by atoms with Gasteiger partial charge in [0.05, 0.1) is 17.5 Å². The Kier molecular flexibility index (Phi) is 5.11. The van der Waals surface area contributed by atoms with Crippen LogP contribution in [0.2, 0.25) is 0 Å². The van der Waals surface area contributed by atoms with Gasteiger partial charge < -0.3 is 10.4 Å². The standard InChI is InChI=1S/C14H21NO3S/c1-5-14(6-2,7-12(16)17)15-13(18)11-8-19-10(4)9(11)3/h8H,5-7H2,1-4H3,(H,15,18)(H,16,17). The molecule has 106 valence electrons. The van der Waals surface area contributed by atoms with Gasteiger partial charge in [0.1, 0.15) is 0 Å². The summed E-state index contributed by atoms with van der Waals surface area (Å²) in [6.45, 7) is 7.69. The number of carbonyl (C=O) groups excluding carboxylic acids is 1. The molecule has 1 aromatic heterocycles. The largest absolute Gasteiger partial charge is 0.481 e. The van der Waals surface area contributed by atoms with E-state index in [1.54, 1.807) is 0 Å². The molecule has 0 aromatic carbocycles. The predicted octanol–water partition coefficient (Wildman–Crippen LogP) is 3.13. The van der Waals surface area contributed by atoms with Crippen molar-refractivity contribution < 1.29 is 14.7 Å². The molecule has 0 radical (unpaired) electrons. The van der Waals surface area contributed by atoms with E-state index in [0.29, 0.717) is 18.4 Å². The van der Waals surface area contributed by atoms with Crippen molar-refractivity contribution in [1.82, 2.24) is 5.32 Å². The quantitative estimate of drug-likeness (QED) is 0.843. The number of carboxylic acid groups (broad SMARTS) is 1. The van der Waals surface area contributed by atoms with Crippen LogP contribution in [0.4, 0.5) is 0 Å². The highest BCUT2D eigenvalue weighted by Crippen LogP contribution is 2.24. The zero-order chi connectivity index (χ0) is 14.6. The highest BCUT2D eigenvalue weighted by Gasteiger charge is 2.31. The Labute approximate surface area is 117 Å². The summed E-state index contributed by atoms with van der Waals surface area (Å²) in [5.41, 5.74) is 0.962. The molecule has 4 nitrogen and oxygen atoms in total. The molecule has 5 heteroatoms. The lowest BCUT2D eigenvalue weighted by Crippen LogP contribution is -2.49. The minimum Gasteiger partial charge on any atom is -0.481 e.